The van der Waals surface area contributed by atoms with Crippen molar-refractivity contribution in [3.8, 4) is 0 Å². The summed E-state index contributed by atoms with van der Waals surface area (Å²) >= 11 is 0. The third-order valence-corrected chi connectivity index (χ3v) is 2.28. The highest BCUT2D eigenvalue weighted by molar-refractivity contribution is 5.89. The number of esters is 1. The van der Waals surface area contributed by atoms with Crippen molar-refractivity contribution in [1.82, 2.24) is 9.78 Å². The molecule has 0 fully saturated rings. The maximum Gasteiger partial charge on any atom is 0.358 e. The van der Waals surface area contributed by atoms with Crippen molar-refractivity contribution >= 4 is 11.9 Å². The van der Waals surface area contributed by atoms with Gasteiger partial charge < -0.3 is 14.9 Å². The number of carboxylic acids is 1. The highest BCUT2D eigenvalue weighted by atomic mass is 16.5. The predicted molar refractivity (Wildman–Crippen MR) is 56.5 cm³/mol. The second kappa shape index (κ2) is 4.54. The van der Waals surface area contributed by atoms with Crippen molar-refractivity contribution in [3.05, 3.63) is 17.5 Å². The lowest BCUT2D eigenvalue weighted by atomic mass is 9.97. The average Bonchev–Trinajstić information content (AvgIpc) is 2.57. The molecule has 1 aromatic heterocycles. The Bertz CT molecular complexity index is 450. The van der Waals surface area contributed by atoms with E-state index in [1.807, 2.05) is 0 Å². The van der Waals surface area contributed by atoms with Crippen LogP contribution in [0.5, 0.6) is 0 Å². The van der Waals surface area contributed by atoms with Crippen LogP contribution in [0.15, 0.2) is 6.20 Å². The van der Waals surface area contributed by atoms with Crippen LogP contribution in [0.1, 0.15) is 23.0 Å². The largest absolute Gasteiger partial charge is 0.479 e. The maximum atomic E-state index is 11.4. The lowest BCUT2D eigenvalue weighted by Gasteiger charge is -2.16. The van der Waals surface area contributed by atoms with Gasteiger partial charge in [0.2, 0.25) is 0 Å². The molecule has 0 saturated heterocycles. The van der Waals surface area contributed by atoms with Crippen LogP contribution in [0.3, 0.4) is 0 Å². The van der Waals surface area contributed by atoms with Crippen molar-refractivity contribution in [2.24, 2.45) is 7.05 Å². The van der Waals surface area contributed by atoms with Gasteiger partial charge in [0, 0.05) is 25.2 Å². The molecule has 0 aromatic carbocycles. The summed E-state index contributed by atoms with van der Waals surface area (Å²) in [7, 11) is 2.79. The van der Waals surface area contributed by atoms with Gasteiger partial charge in [-0.15, -0.1) is 0 Å². The number of carboxylic acid groups (broad SMARTS) is 1. The van der Waals surface area contributed by atoms with Gasteiger partial charge in [-0.2, -0.15) is 5.10 Å². The molecule has 2 N–H and O–H groups in total. The van der Waals surface area contributed by atoms with Gasteiger partial charge in [-0.3, -0.25) is 4.68 Å². The zero-order valence-corrected chi connectivity index (χ0v) is 9.80. The summed E-state index contributed by atoms with van der Waals surface area (Å²) < 4.78 is 5.88. The first kappa shape index (κ1) is 13.2. The molecule has 0 amide bonds. The molecular weight excluding hydrogens is 228 g/mol. The zero-order valence-electron chi connectivity index (χ0n) is 9.80. The number of carbonyl (C=O) groups is 2. The van der Waals surface area contributed by atoms with E-state index in [-0.39, 0.29) is 12.1 Å². The van der Waals surface area contributed by atoms with Crippen LogP contribution < -0.4 is 0 Å². The van der Waals surface area contributed by atoms with Gasteiger partial charge in [0.15, 0.2) is 11.3 Å². The van der Waals surface area contributed by atoms with E-state index in [0.717, 1.165) is 6.92 Å². The van der Waals surface area contributed by atoms with E-state index in [9.17, 15) is 14.7 Å². The fourth-order valence-corrected chi connectivity index (χ4v) is 1.38. The molecule has 0 bridgehead atoms. The summed E-state index contributed by atoms with van der Waals surface area (Å²) in [5, 5.41) is 22.3. The van der Waals surface area contributed by atoms with Gasteiger partial charge in [-0.05, 0) is 6.92 Å². The van der Waals surface area contributed by atoms with E-state index >= 15 is 0 Å². The molecule has 94 valence electrons. The smallest absolute Gasteiger partial charge is 0.358 e. The molecule has 1 heterocycles. The number of aliphatic carboxylic acids is 1. The minimum Gasteiger partial charge on any atom is -0.479 e. The number of carbonyl (C=O) groups excluding carboxylic acids is 1. The summed E-state index contributed by atoms with van der Waals surface area (Å²) in [6.07, 6.45) is 1.25. The van der Waals surface area contributed by atoms with Crippen LogP contribution in [0.4, 0.5) is 0 Å². The molecule has 1 rings (SSSR count). The second-order valence-electron chi connectivity index (χ2n) is 3.92. The van der Waals surface area contributed by atoms with E-state index in [2.05, 4.69) is 9.84 Å². The molecule has 1 atom stereocenters. The molecule has 7 heteroatoms. The van der Waals surface area contributed by atoms with E-state index < -0.39 is 17.5 Å². The van der Waals surface area contributed by atoms with Crippen LogP contribution in [0, 0.1) is 0 Å². The highest BCUT2D eigenvalue weighted by Gasteiger charge is 2.33. The molecule has 0 aliphatic heterocycles. The van der Waals surface area contributed by atoms with Gasteiger partial charge in [-0.25, -0.2) is 9.59 Å². The van der Waals surface area contributed by atoms with Crippen LogP contribution >= 0.6 is 0 Å². The second-order valence-corrected chi connectivity index (χ2v) is 3.92. The minimum atomic E-state index is -1.95. The Morgan fingerprint density at radius 3 is 2.65 bits per heavy atom. The van der Waals surface area contributed by atoms with E-state index in [1.165, 1.54) is 18.0 Å². The molecule has 0 aliphatic carbocycles. The Morgan fingerprint density at radius 1 is 1.59 bits per heavy atom. The van der Waals surface area contributed by atoms with Gasteiger partial charge in [-0.1, -0.05) is 0 Å². The van der Waals surface area contributed by atoms with Crippen LogP contribution in [-0.2, 0) is 23.0 Å². The fourth-order valence-electron chi connectivity index (χ4n) is 1.38. The SMILES string of the molecule is COC(=O)c1nn(C)cc1CC(C)(O)C(=O)O. The van der Waals surface area contributed by atoms with E-state index in [4.69, 9.17) is 5.11 Å². The number of aliphatic hydroxyl groups is 1. The number of aryl methyl sites for hydroxylation is 1. The fraction of sp³-hybridized carbons (Fsp3) is 0.500. The van der Waals surface area contributed by atoms with Crippen LogP contribution in [-0.4, -0.2) is 44.6 Å². The highest BCUT2D eigenvalue weighted by Crippen LogP contribution is 2.17. The summed E-state index contributed by atoms with van der Waals surface area (Å²) in [5.41, 5.74) is -1.62. The van der Waals surface area contributed by atoms with Gasteiger partial charge in [0.05, 0.1) is 7.11 Å². The molecule has 7 nitrogen and oxygen atoms in total. The van der Waals surface area contributed by atoms with Crippen molar-refractivity contribution < 1.29 is 24.5 Å². The zero-order chi connectivity index (χ0) is 13.2. The van der Waals surface area contributed by atoms with Crippen molar-refractivity contribution in [2.75, 3.05) is 7.11 Å². The molecular formula is C10H14N2O5. The Labute approximate surface area is 97.6 Å². The topological polar surface area (TPSA) is 102 Å². The van der Waals surface area contributed by atoms with Crippen LogP contribution in [0.2, 0.25) is 0 Å². The minimum absolute atomic E-state index is 0.0107. The van der Waals surface area contributed by atoms with Gasteiger partial charge in [0.25, 0.3) is 0 Å². The van der Waals surface area contributed by atoms with Gasteiger partial charge >= 0.3 is 11.9 Å². The van der Waals surface area contributed by atoms with E-state index in [0.29, 0.717) is 5.56 Å². The number of rotatable bonds is 4. The summed E-state index contributed by atoms with van der Waals surface area (Å²) in [6.45, 7) is 1.16. The Morgan fingerprint density at radius 2 is 2.18 bits per heavy atom. The third kappa shape index (κ3) is 2.82. The average molecular weight is 242 g/mol. The Balaban J connectivity index is 3.06. The molecule has 17 heavy (non-hydrogen) atoms. The Kier molecular flexibility index (Phi) is 3.52. The van der Waals surface area contributed by atoms with Crippen molar-refractivity contribution in [3.63, 3.8) is 0 Å². The first-order valence-corrected chi connectivity index (χ1v) is 4.84. The molecule has 0 saturated carbocycles. The number of hydrogen-bond acceptors (Lipinski definition) is 5. The summed E-state index contributed by atoms with van der Waals surface area (Å²) in [5.74, 6) is -2.03. The molecule has 0 radical (unpaired) electrons. The molecule has 1 unspecified atom stereocenters. The van der Waals surface area contributed by atoms with Gasteiger partial charge in [0.1, 0.15) is 0 Å². The molecule has 0 aliphatic rings. The number of aromatic nitrogens is 2. The molecule has 1 aromatic rings. The monoisotopic (exact) mass is 242 g/mol. The predicted octanol–water partition coefficient (Wildman–Crippen LogP) is -0.415. The lowest BCUT2D eigenvalue weighted by Crippen LogP contribution is -2.37. The maximum absolute atomic E-state index is 11.4. The Hall–Kier alpha value is -1.89. The third-order valence-electron chi connectivity index (χ3n) is 2.28. The normalized spacial score (nSPS) is 14.1. The first-order chi connectivity index (χ1) is 7.77. The number of nitrogens with zero attached hydrogens (tertiary/aromatic N) is 2. The number of methoxy groups -OCH3 is 1. The van der Waals surface area contributed by atoms with E-state index in [1.54, 1.807) is 7.05 Å². The first-order valence-electron chi connectivity index (χ1n) is 4.84. The number of hydrogen-bond donors (Lipinski definition) is 2. The quantitative estimate of drug-likeness (QED) is 0.695. The van der Waals surface area contributed by atoms with Crippen molar-refractivity contribution in [1.29, 1.82) is 0 Å². The lowest BCUT2D eigenvalue weighted by molar-refractivity contribution is -0.156. The molecule has 0 spiro atoms. The summed E-state index contributed by atoms with van der Waals surface area (Å²) in [6, 6.07) is 0. The van der Waals surface area contributed by atoms with Crippen LogP contribution in [0.25, 0.3) is 0 Å². The standard InChI is InChI=1S/C10H14N2O5/c1-10(16,9(14)15)4-6-5-12(2)11-7(6)8(13)17-3/h5,16H,4H2,1-3H3,(H,14,15). The summed E-state index contributed by atoms with van der Waals surface area (Å²) in [4.78, 5) is 22.2. The number of ether oxygens (including phenoxy) is 1. The van der Waals surface area contributed by atoms with Crippen molar-refractivity contribution in [2.45, 2.75) is 18.9 Å².